The van der Waals surface area contributed by atoms with Gasteiger partial charge in [-0.1, -0.05) is 18.2 Å². The summed E-state index contributed by atoms with van der Waals surface area (Å²) in [6.07, 6.45) is 3.09. The molecule has 0 amide bonds. The van der Waals surface area contributed by atoms with E-state index in [9.17, 15) is 0 Å². The van der Waals surface area contributed by atoms with Crippen LogP contribution in [0.1, 0.15) is 24.0 Å². The van der Waals surface area contributed by atoms with Crippen molar-refractivity contribution in [2.75, 3.05) is 0 Å². The normalized spacial score (nSPS) is 17.1. The Kier molecular flexibility index (Phi) is 2.66. The van der Waals surface area contributed by atoms with Gasteiger partial charge in [0.25, 0.3) is 0 Å². The van der Waals surface area contributed by atoms with Crippen LogP contribution >= 0.6 is 8.81 Å². The highest BCUT2D eigenvalue weighted by Crippen LogP contribution is 2.31. The summed E-state index contributed by atoms with van der Waals surface area (Å²) in [6.45, 7) is 4.33. The van der Waals surface area contributed by atoms with Gasteiger partial charge in [-0.05, 0) is 37.8 Å². The number of aryl methyl sites for hydroxylation is 1. The van der Waals surface area contributed by atoms with Gasteiger partial charge in [-0.15, -0.1) is 0 Å². The number of hydrogen-bond donors (Lipinski definition) is 0. The van der Waals surface area contributed by atoms with Gasteiger partial charge in [-0.25, -0.2) is 0 Å². The molecule has 1 nitrogen and oxygen atoms in total. The first kappa shape index (κ1) is 9.18. The van der Waals surface area contributed by atoms with Crippen LogP contribution in [0.2, 0.25) is 0 Å². The molecule has 0 spiro atoms. The third kappa shape index (κ3) is 2.30. The summed E-state index contributed by atoms with van der Waals surface area (Å²) in [7, 11) is 0.543. The number of hydrogen-bond acceptors (Lipinski definition) is 1. The standard InChI is InChI=1S/C11H15OP/c1-8-4-3-5-11(9(8)2)13-12-10-6-7-10/h3-5,10,13H,6-7H2,1-2H3. The van der Waals surface area contributed by atoms with E-state index < -0.39 is 0 Å². The summed E-state index contributed by atoms with van der Waals surface area (Å²) < 4.78 is 5.70. The lowest BCUT2D eigenvalue weighted by Gasteiger charge is -2.07. The van der Waals surface area contributed by atoms with Crippen molar-refractivity contribution in [2.24, 2.45) is 0 Å². The molecule has 1 atom stereocenters. The molecule has 13 heavy (non-hydrogen) atoms. The van der Waals surface area contributed by atoms with Crippen molar-refractivity contribution in [2.45, 2.75) is 32.8 Å². The molecule has 1 aliphatic carbocycles. The summed E-state index contributed by atoms with van der Waals surface area (Å²) >= 11 is 0. The fourth-order valence-electron chi connectivity index (χ4n) is 1.19. The van der Waals surface area contributed by atoms with Gasteiger partial charge in [0.15, 0.2) is 0 Å². The molecule has 1 aliphatic rings. The van der Waals surface area contributed by atoms with E-state index in [1.165, 1.54) is 29.3 Å². The van der Waals surface area contributed by atoms with Gasteiger partial charge < -0.3 is 4.52 Å². The Labute approximate surface area is 81.4 Å². The lowest BCUT2D eigenvalue weighted by molar-refractivity contribution is 0.352. The van der Waals surface area contributed by atoms with Crippen molar-refractivity contribution in [3.05, 3.63) is 29.3 Å². The van der Waals surface area contributed by atoms with Crippen molar-refractivity contribution < 1.29 is 4.52 Å². The van der Waals surface area contributed by atoms with Crippen LogP contribution in [0.25, 0.3) is 0 Å². The highest BCUT2D eigenvalue weighted by Gasteiger charge is 2.22. The summed E-state index contributed by atoms with van der Waals surface area (Å²) in [5.41, 5.74) is 2.76. The largest absolute Gasteiger partial charge is 0.354 e. The molecular weight excluding hydrogens is 179 g/mol. The maximum absolute atomic E-state index is 5.70. The number of rotatable bonds is 3. The van der Waals surface area contributed by atoms with Crippen LogP contribution in [-0.4, -0.2) is 6.10 Å². The van der Waals surface area contributed by atoms with Gasteiger partial charge >= 0.3 is 0 Å². The van der Waals surface area contributed by atoms with Gasteiger partial charge in [-0.3, -0.25) is 0 Å². The zero-order chi connectivity index (χ0) is 9.26. The van der Waals surface area contributed by atoms with Gasteiger partial charge in [0.05, 0.1) is 6.10 Å². The highest BCUT2D eigenvalue weighted by atomic mass is 31.1. The van der Waals surface area contributed by atoms with E-state index in [-0.39, 0.29) is 0 Å². The van der Waals surface area contributed by atoms with Crippen molar-refractivity contribution in [1.82, 2.24) is 0 Å². The van der Waals surface area contributed by atoms with Crippen LogP contribution in [0.4, 0.5) is 0 Å². The summed E-state index contributed by atoms with van der Waals surface area (Å²) in [6, 6.07) is 6.44. The average Bonchev–Trinajstić information content (AvgIpc) is 2.91. The fraction of sp³-hybridized carbons (Fsp3) is 0.455. The molecule has 1 saturated carbocycles. The predicted octanol–water partition coefficient (Wildman–Crippen LogP) is 2.70. The van der Waals surface area contributed by atoms with Crippen LogP contribution < -0.4 is 5.30 Å². The van der Waals surface area contributed by atoms with E-state index in [1.807, 2.05) is 0 Å². The first-order valence-electron chi connectivity index (χ1n) is 4.75. The lowest BCUT2D eigenvalue weighted by atomic mass is 10.1. The molecule has 1 fully saturated rings. The Bertz CT molecular complexity index is 305. The van der Waals surface area contributed by atoms with Crippen LogP contribution in [0.3, 0.4) is 0 Å². The maximum atomic E-state index is 5.70. The Morgan fingerprint density at radius 2 is 2.08 bits per heavy atom. The van der Waals surface area contributed by atoms with Crippen molar-refractivity contribution >= 4 is 14.1 Å². The molecule has 0 heterocycles. The van der Waals surface area contributed by atoms with Crippen LogP contribution in [0.15, 0.2) is 18.2 Å². The summed E-state index contributed by atoms with van der Waals surface area (Å²) in [5.74, 6) is 0. The third-order valence-corrected chi connectivity index (χ3v) is 3.68. The van der Waals surface area contributed by atoms with Crippen molar-refractivity contribution in [3.63, 3.8) is 0 Å². The first-order valence-corrected chi connectivity index (χ1v) is 5.66. The molecule has 0 aliphatic heterocycles. The van der Waals surface area contributed by atoms with E-state index in [2.05, 4.69) is 32.0 Å². The minimum atomic E-state index is 0.543. The Hall–Kier alpha value is -0.390. The molecule has 0 bridgehead atoms. The minimum Gasteiger partial charge on any atom is -0.354 e. The number of benzene rings is 1. The highest BCUT2D eigenvalue weighted by molar-refractivity contribution is 7.42. The minimum absolute atomic E-state index is 0.543. The smallest absolute Gasteiger partial charge is 0.0620 e. The predicted molar refractivity (Wildman–Crippen MR) is 58.0 cm³/mol. The van der Waals surface area contributed by atoms with E-state index >= 15 is 0 Å². The molecule has 0 saturated heterocycles. The van der Waals surface area contributed by atoms with Gasteiger partial charge in [-0.2, -0.15) is 0 Å². The lowest BCUT2D eigenvalue weighted by Crippen LogP contribution is -2.03. The second-order valence-electron chi connectivity index (χ2n) is 3.67. The second kappa shape index (κ2) is 3.77. The zero-order valence-electron chi connectivity index (χ0n) is 8.13. The van der Waals surface area contributed by atoms with Gasteiger partial charge in [0.2, 0.25) is 0 Å². The summed E-state index contributed by atoms with van der Waals surface area (Å²) in [4.78, 5) is 0. The van der Waals surface area contributed by atoms with Crippen LogP contribution in [0, 0.1) is 13.8 Å². The molecule has 0 aromatic heterocycles. The molecule has 1 aromatic carbocycles. The third-order valence-electron chi connectivity index (χ3n) is 2.46. The molecule has 2 rings (SSSR count). The molecule has 1 aromatic rings. The summed E-state index contributed by atoms with van der Waals surface area (Å²) in [5, 5.41) is 1.37. The SMILES string of the molecule is Cc1cccc(POC2CC2)c1C. The van der Waals surface area contributed by atoms with Crippen LogP contribution in [0.5, 0.6) is 0 Å². The quantitative estimate of drug-likeness (QED) is 0.672. The van der Waals surface area contributed by atoms with Crippen molar-refractivity contribution in [3.8, 4) is 0 Å². The van der Waals surface area contributed by atoms with Gasteiger partial charge in [0.1, 0.15) is 0 Å². The molecule has 1 unspecified atom stereocenters. The molecule has 0 N–H and O–H groups in total. The van der Waals surface area contributed by atoms with E-state index in [1.54, 1.807) is 0 Å². The molecular formula is C11H15OP. The fourth-order valence-corrected chi connectivity index (χ4v) is 2.24. The molecule has 70 valence electrons. The second-order valence-corrected chi connectivity index (χ2v) is 4.65. The Morgan fingerprint density at radius 3 is 2.77 bits per heavy atom. The van der Waals surface area contributed by atoms with E-state index in [4.69, 9.17) is 4.52 Å². The van der Waals surface area contributed by atoms with E-state index in [0.717, 1.165) is 0 Å². The molecule has 2 heteroatoms. The zero-order valence-corrected chi connectivity index (χ0v) is 9.13. The molecule has 0 radical (unpaired) electrons. The van der Waals surface area contributed by atoms with Crippen LogP contribution in [-0.2, 0) is 4.52 Å². The van der Waals surface area contributed by atoms with E-state index in [0.29, 0.717) is 14.9 Å². The Morgan fingerprint density at radius 1 is 1.31 bits per heavy atom. The van der Waals surface area contributed by atoms with Crippen molar-refractivity contribution in [1.29, 1.82) is 0 Å². The Balaban J connectivity index is 2.05. The van der Waals surface area contributed by atoms with Gasteiger partial charge in [0, 0.05) is 14.1 Å². The maximum Gasteiger partial charge on any atom is 0.0620 e. The monoisotopic (exact) mass is 194 g/mol. The average molecular weight is 194 g/mol. The first-order chi connectivity index (χ1) is 6.27. The topological polar surface area (TPSA) is 9.23 Å².